The van der Waals surface area contributed by atoms with Gasteiger partial charge in [-0.15, -0.1) is 0 Å². The van der Waals surface area contributed by atoms with Crippen molar-refractivity contribution in [2.24, 2.45) is 11.8 Å². The van der Waals surface area contributed by atoms with Crippen LogP contribution in [-0.2, 0) is 4.74 Å². The van der Waals surface area contributed by atoms with E-state index < -0.39 is 0 Å². The summed E-state index contributed by atoms with van der Waals surface area (Å²) in [4.78, 5) is 2.48. The molecule has 0 aromatic heterocycles. The largest absolute Gasteiger partial charge is 0.389 e. The van der Waals surface area contributed by atoms with Crippen molar-refractivity contribution in [3.05, 3.63) is 0 Å². The summed E-state index contributed by atoms with van der Waals surface area (Å²) < 4.78 is 5.28. The highest BCUT2D eigenvalue weighted by Gasteiger charge is 2.33. The molecule has 3 heteroatoms. The number of likely N-dealkylation sites (tertiary alicyclic amines) is 1. The van der Waals surface area contributed by atoms with Crippen LogP contribution in [0.5, 0.6) is 0 Å². The number of aliphatic hydroxyl groups excluding tert-OH is 1. The van der Waals surface area contributed by atoms with Gasteiger partial charge in [0.05, 0.1) is 12.7 Å². The van der Waals surface area contributed by atoms with Gasteiger partial charge in [-0.05, 0) is 24.7 Å². The standard InChI is InChI=1S/C12H23NO2/c1-9-5-10(2)7-13(6-9)11-3-4-15-8-12(11)14/h9-12,14H,3-8H2,1-2H3. The van der Waals surface area contributed by atoms with Gasteiger partial charge in [-0.2, -0.15) is 0 Å². The summed E-state index contributed by atoms with van der Waals surface area (Å²) in [5, 5.41) is 9.93. The summed E-state index contributed by atoms with van der Waals surface area (Å²) in [5.41, 5.74) is 0. The maximum Gasteiger partial charge on any atom is 0.0929 e. The second-order valence-electron chi connectivity index (χ2n) is 5.40. The summed E-state index contributed by atoms with van der Waals surface area (Å²) >= 11 is 0. The van der Waals surface area contributed by atoms with Crippen LogP contribution in [0.3, 0.4) is 0 Å². The van der Waals surface area contributed by atoms with E-state index in [0.717, 1.165) is 38.0 Å². The predicted molar refractivity (Wildman–Crippen MR) is 59.7 cm³/mol. The summed E-state index contributed by atoms with van der Waals surface area (Å²) in [6.07, 6.45) is 2.03. The predicted octanol–water partition coefficient (Wildman–Crippen LogP) is 1.11. The molecule has 0 spiro atoms. The molecule has 0 radical (unpaired) electrons. The van der Waals surface area contributed by atoms with Crippen LogP contribution in [0, 0.1) is 11.8 Å². The van der Waals surface area contributed by atoms with Crippen LogP contribution in [0.25, 0.3) is 0 Å². The molecule has 2 saturated heterocycles. The maximum atomic E-state index is 9.93. The minimum absolute atomic E-state index is 0.281. The number of nitrogens with zero attached hydrogens (tertiary/aromatic N) is 1. The summed E-state index contributed by atoms with van der Waals surface area (Å²) in [6, 6.07) is 0.337. The molecule has 0 aromatic carbocycles. The lowest BCUT2D eigenvalue weighted by molar-refractivity contribution is -0.0769. The van der Waals surface area contributed by atoms with Crippen molar-refractivity contribution in [3.63, 3.8) is 0 Å². The first kappa shape index (κ1) is 11.4. The van der Waals surface area contributed by atoms with Crippen LogP contribution in [0.4, 0.5) is 0 Å². The minimum atomic E-state index is -0.281. The number of hydrogen-bond donors (Lipinski definition) is 1. The minimum Gasteiger partial charge on any atom is -0.389 e. The summed E-state index contributed by atoms with van der Waals surface area (Å²) in [5.74, 6) is 1.53. The van der Waals surface area contributed by atoms with Gasteiger partial charge in [0.25, 0.3) is 0 Å². The van der Waals surface area contributed by atoms with E-state index in [0.29, 0.717) is 12.6 Å². The molecule has 0 aliphatic carbocycles. The van der Waals surface area contributed by atoms with Crippen molar-refractivity contribution in [1.82, 2.24) is 4.90 Å². The van der Waals surface area contributed by atoms with Gasteiger partial charge in [0.1, 0.15) is 0 Å². The third-order valence-corrected chi connectivity index (χ3v) is 3.66. The topological polar surface area (TPSA) is 32.7 Å². The van der Waals surface area contributed by atoms with Gasteiger partial charge >= 0.3 is 0 Å². The number of rotatable bonds is 1. The van der Waals surface area contributed by atoms with Crippen molar-refractivity contribution in [1.29, 1.82) is 0 Å². The smallest absolute Gasteiger partial charge is 0.0929 e. The van der Waals surface area contributed by atoms with Gasteiger partial charge in [0.15, 0.2) is 0 Å². The van der Waals surface area contributed by atoms with Crippen molar-refractivity contribution >= 4 is 0 Å². The molecule has 0 aromatic rings. The first-order valence-electron chi connectivity index (χ1n) is 6.16. The molecule has 1 N–H and O–H groups in total. The third-order valence-electron chi connectivity index (χ3n) is 3.66. The number of aliphatic hydroxyl groups is 1. The zero-order valence-corrected chi connectivity index (χ0v) is 9.85. The van der Waals surface area contributed by atoms with Crippen molar-refractivity contribution in [3.8, 4) is 0 Å². The molecular formula is C12H23NO2. The van der Waals surface area contributed by atoms with Crippen molar-refractivity contribution < 1.29 is 9.84 Å². The first-order chi connectivity index (χ1) is 7.16. The second-order valence-corrected chi connectivity index (χ2v) is 5.40. The van der Waals surface area contributed by atoms with Gasteiger partial charge in [-0.1, -0.05) is 13.8 Å². The van der Waals surface area contributed by atoms with Crippen molar-refractivity contribution in [2.75, 3.05) is 26.3 Å². The van der Waals surface area contributed by atoms with Gasteiger partial charge in [0, 0.05) is 25.7 Å². The highest BCUT2D eigenvalue weighted by molar-refractivity contribution is 4.86. The average molecular weight is 213 g/mol. The van der Waals surface area contributed by atoms with Gasteiger partial charge in [0.2, 0.25) is 0 Å². The fourth-order valence-electron chi connectivity index (χ4n) is 3.12. The molecule has 88 valence electrons. The van der Waals surface area contributed by atoms with E-state index in [1.54, 1.807) is 0 Å². The third kappa shape index (κ3) is 2.71. The highest BCUT2D eigenvalue weighted by atomic mass is 16.5. The van der Waals surface area contributed by atoms with Crippen LogP contribution in [0.15, 0.2) is 0 Å². The quantitative estimate of drug-likeness (QED) is 0.708. The molecule has 4 atom stereocenters. The van der Waals surface area contributed by atoms with E-state index in [1.807, 2.05) is 0 Å². The van der Waals surface area contributed by atoms with E-state index in [9.17, 15) is 5.11 Å². The molecular weight excluding hydrogens is 190 g/mol. The number of ether oxygens (including phenoxy) is 1. The molecule has 2 fully saturated rings. The molecule has 2 aliphatic rings. The van der Waals surface area contributed by atoms with Gasteiger partial charge < -0.3 is 9.84 Å². The molecule has 15 heavy (non-hydrogen) atoms. The van der Waals surface area contributed by atoms with Crippen LogP contribution in [-0.4, -0.2) is 48.5 Å². The normalized spacial score (nSPS) is 44.2. The molecule has 0 saturated carbocycles. The van der Waals surface area contributed by atoms with Crippen molar-refractivity contribution in [2.45, 2.75) is 38.8 Å². The lowest BCUT2D eigenvalue weighted by atomic mass is 9.89. The summed E-state index contributed by atoms with van der Waals surface area (Å²) in [7, 11) is 0. The Morgan fingerprint density at radius 1 is 1.20 bits per heavy atom. The fraction of sp³-hybridized carbons (Fsp3) is 1.00. The van der Waals surface area contributed by atoms with E-state index in [1.165, 1.54) is 6.42 Å². The Morgan fingerprint density at radius 2 is 1.87 bits per heavy atom. The highest BCUT2D eigenvalue weighted by Crippen LogP contribution is 2.26. The molecule has 3 nitrogen and oxygen atoms in total. The maximum absolute atomic E-state index is 9.93. The van der Waals surface area contributed by atoms with Crippen LogP contribution in [0.1, 0.15) is 26.7 Å². The Labute approximate surface area is 92.4 Å². The molecule has 2 heterocycles. The monoisotopic (exact) mass is 213 g/mol. The Bertz CT molecular complexity index is 200. The van der Waals surface area contributed by atoms with Gasteiger partial charge in [-0.3, -0.25) is 4.90 Å². The second kappa shape index (κ2) is 4.81. The van der Waals surface area contributed by atoms with Crippen LogP contribution in [0.2, 0.25) is 0 Å². The number of piperidine rings is 1. The van der Waals surface area contributed by atoms with E-state index in [4.69, 9.17) is 4.74 Å². The van der Waals surface area contributed by atoms with Crippen LogP contribution >= 0.6 is 0 Å². The Hall–Kier alpha value is -0.120. The zero-order valence-electron chi connectivity index (χ0n) is 9.85. The molecule has 4 unspecified atom stereocenters. The lowest BCUT2D eigenvalue weighted by Gasteiger charge is -2.43. The summed E-state index contributed by atoms with van der Waals surface area (Å²) in [6.45, 7) is 8.24. The fourth-order valence-corrected chi connectivity index (χ4v) is 3.12. The van der Waals surface area contributed by atoms with E-state index >= 15 is 0 Å². The average Bonchev–Trinajstić information content (AvgIpc) is 2.16. The first-order valence-corrected chi connectivity index (χ1v) is 6.16. The molecule has 0 bridgehead atoms. The van der Waals surface area contributed by atoms with Crippen LogP contribution < -0.4 is 0 Å². The van der Waals surface area contributed by atoms with E-state index in [-0.39, 0.29) is 6.10 Å². The lowest BCUT2D eigenvalue weighted by Crippen LogP contribution is -2.53. The zero-order chi connectivity index (χ0) is 10.8. The van der Waals surface area contributed by atoms with Gasteiger partial charge in [-0.25, -0.2) is 0 Å². The Kier molecular flexibility index (Phi) is 3.65. The SMILES string of the molecule is CC1CC(C)CN(C2CCOCC2O)C1. The Morgan fingerprint density at radius 3 is 2.47 bits per heavy atom. The number of hydrogen-bond acceptors (Lipinski definition) is 3. The molecule has 2 aliphatic heterocycles. The Balaban J connectivity index is 1.95. The molecule has 0 amide bonds. The molecule has 2 rings (SSSR count). The van der Waals surface area contributed by atoms with E-state index in [2.05, 4.69) is 18.7 Å².